The first kappa shape index (κ1) is 20.3. The molecule has 144 valence electrons. The number of benzene rings is 1. The lowest BCUT2D eigenvalue weighted by molar-refractivity contribution is -0.136. The van der Waals surface area contributed by atoms with Crippen LogP contribution in [0, 0.1) is 13.8 Å². The lowest BCUT2D eigenvalue weighted by Crippen LogP contribution is -2.14. The second-order valence-corrected chi connectivity index (χ2v) is 6.54. The van der Waals surface area contributed by atoms with Crippen molar-refractivity contribution >= 4 is 17.8 Å². The lowest BCUT2D eigenvalue weighted by Gasteiger charge is -2.13. The number of esters is 1. The van der Waals surface area contributed by atoms with E-state index in [2.05, 4.69) is 18.4 Å². The van der Waals surface area contributed by atoms with Crippen LogP contribution in [0.2, 0.25) is 0 Å². The number of phenols is 1. The van der Waals surface area contributed by atoms with E-state index in [1.165, 1.54) is 25.3 Å². The molecule has 2 aromatic rings. The van der Waals surface area contributed by atoms with Crippen LogP contribution in [0.25, 0.3) is 6.08 Å². The smallest absolute Gasteiger partial charge is 0.331 e. The first-order valence-electron chi connectivity index (χ1n) is 8.68. The molecular weight excluding hydrogens is 346 g/mol. The highest BCUT2D eigenvalue weighted by molar-refractivity contribution is 6.00. The molecule has 0 aliphatic rings. The van der Waals surface area contributed by atoms with Crippen LogP contribution in [0.4, 0.5) is 0 Å². The number of phenolic OH excluding ortho intramolecular Hbond substituents is 1. The first-order valence-corrected chi connectivity index (χ1v) is 8.68. The topological polar surface area (TPSA) is 77.8 Å². The summed E-state index contributed by atoms with van der Waals surface area (Å²) in [5.41, 5.74) is 3.10. The highest BCUT2D eigenvalue weighted by atomic mass is 16.5. The minimum atomic E-state index is -0.618. The van der Waals surface area contributed by atoms with Crippen molar-refractivity contribution in [2.24, 2.45) is 0 Å². The molecule has 0 fully saturated rings. The van der Waals surface area contributed by atoms with Crippen LogP contribution in [0.3, 0.4) is 0 Å². The van der Waals surface area contributed by atoms with Gasteiger partial charge in [-0.2, -0.15) is 0 Å². The Labute approximate surface area is 159 Å². The number of carbonyl (C=O) groups is 2. The van der Waals surface area contributed by atoms with Crippen molar-refractivity contribution < 1.29 is 24.2 Å². The Morgan fingerprint density at radius 1 is 1.22 bits per heavy atom. The second kappa shape index (κ2) is 8.58. The molecule has 0 unspecified atom stereocenters. The number of rotatable bonds is 7. The van der Waals surface area contributed by atoms with Gasteiger partial charge in [-0.25, -0.2) is 4.79 Å². The summed E-state index contributed by atoms with van der Waals surface area (Å²) in [5.74, 6) is -0.529. The molecule has 1 aromatic heterocycles. The van der Waals surface area contributed by atoms with Gasteiger partial charge in [-0.1, -0.05) is 6.07 Å². The predicted octanol–water partition coefficient (Wildman–Crippen LogP) is 3.84. The average molecular weight is 371 g/mol. The second-order valence-electron chi connectivity index (χ2n) is 6.54. The van der Waals surface area contributed by atoms with Gasteiger partial charge in [0.1, 0.15) is 0 Å². The zero-order chi connectivity index (χ0) is 20.1. The summed E-state index contributed by atoms with van der Waals surface area (Å²) in [4.78, 5) is 24.3. The molecule has 0 atom stereocenters. The summed E-state index contributed by atoms with van der Waals surface area (Å²) in [6.07, 6.45) is 2.76. The van der Waals surface area contributed by atoms with Gasteiger partial charge in [0.2, 0.25) is 5.78 Å². The van der Waals surface area contributed by atoms with Gasteiger partial charge in [0.25, 0.3) is 0 Å². The zero-order valence-electron chi connectivity index (χ0n) is 16.3. The number of ether oxygens (including phenoxy) is 2. The third kappa shape index (κ3) is 4.78. The Bertz CT molecular complexity index is 877. The summed E-state index contributed by atoms with van der Waals surface area (Å²) in [6.45, 7) is 7.63. The molecule has 1 aromatic carbocycles. The maximum absolute atomic E-state index is 12.4. The van der Waals surface area contributed by atoms with Crippen LogP contribution in [-0.4, -0.2) is 35.1 Å². The Hall–Kier alpha value is -3.02. The Balaban J connectivity index is 1.99. The highest BCUT2D eigenvalue weighted by Gasteiger charge is 2.18. The minimum absolute atomic E-state index is 0.0156. The number of aryl methyl sites for hydroxylation is 1. The largest absolute Gasteiger partial charge is 0.504 e. The number of methoxy groups -OCH3 is 1. The van der Waals surface area contributed by atoms with E-state index in [0.29, 0.717) is 16.9 Å². The SMILES string of the molecule is COc1cc(/C=C/C(=O)OCC(=O)c2cc(C)n(C(C)C)c2C)ccc1O. The quantitative estimate of drug-likeness (QED) is 0.454. The number of ketones is 1. The first-order chi connectivity index (χ1) is 12.7. The molecule has 0 aliphatic heterocycles. The number of hydrogen-bond donors (Lipinski definition) is 1. The Kier molecular flexibility index (Phi) is 6.45. The molecule has 1 N–H and O–H groups in total. The van der Waals surface area contributed by atoms with Crippen molar-refractivity contribution in [3.8, 4) is 11.5 Å². The van der Waals surface area contributed by atoms with Crippen molar-refractivity contribution in [1.82, 2.24) is 4.57 Å². The van der Waals surface area contributed by atoms with E-state index in [9.17, 15) is 14.7 Å². The van der Waals surface area contributed by atoms with Gasteiger partial charge in [0.05, 0.1) is 7.11 Å². The van der Waals surface area contributed by atoms with Crippen LogP contribution in [0.15, 0.2) is 30.3 Å². The van der Waals surface area contributed by atoms with Crippen LogP contribution in [-0.2, 0) is 9.53 Å². The van der Waals surface area contributed by atoms with Gasteiger partial charge in [-0.15, -0.1) is 0 Å². The van der Waals surface area contributed by atoms with Crippen LogP contribution < -0.4 is 4.74 Å². The van der Waals surface area contributed by atoms with E-state index in [4.69, 9.17) is 9.47 Å². The standard InChI is InChI=1S/C21H25NO5/c1-13(2)22-14(3)10-17(15(22)4)19(24)12-27-21(25)9-7-16-6-8-18(23)20(11-16)26-5/h6-11,13,23H,12H2,1-5H3/b9-7+. The number of hydrogen-bond acceptors (Lipinski definition) is 5. The molecule has 0 amide bonds. The van der Waals surface area contributed by atoms with Crippen LogP contribution in [0.5, 0.6) is 11.5 Å². The van der Waals surface area contributed by atoms with E-state index in [1.807, 2.05) is 19.9 Å². The van der Waals surface area contributed by atoms with Gasteiger partial charge >= 0.3 is 5.97 Å². The number of aromatic nitrogens is 1. The maximum atomic E-state index is 12.4. The Morgan fingerprint density at radius 2 is 1.93 bits per heavy atom. The fourth-order valence-electron chi connectivity index (χ4n) is 3.08. The normalized spacial score (nSPS) is 11.2. The number of aromatic hydroxyl groups is 1. The fourth-order valence-corrected chi connectivity index (χ4v) is 3.08. The monoisotopic (exact) mass is 371 g/mol. The zero-order valence-corrected chi connectivity index (χ0v) is 16.3. The number of nitrogens with zero attached hydrogens (tertiary/aromatic N) is 1. The third-order valence-electron chi connectivity index (χ3n) is 4.26. The third-order valence-corrected chi connectivity index (χ3v) is 4.26. The van der Waals surface area contributed by atoms with Crippen molar-refractivity contribution in [2.75, 3.05) is 13.7 Å². The lowest BCUT2D eigenvalue weighted by atomic mass is 10.1. The van der Waals surface area contributed by atoms with Gasteiger partial charge < -0.3 is 19.1 Å². The van der Waals surface area contributed by atoms with Crippen molar-refractivity contribution in [2.45, 2.75) is 33.7 Å². The van der Waals surface area contributed by atoms with Crippen LogP contribution >= 0.6 is 0 Å². The molecule has 0 aliphatic carbocycles. The molecule has 2 rings (SSSR count). The molecule has 6 nitrogen and oxygen atoms in total. The van der Waals surface area contributed by atoms with Crippen molar-refractivity contribution in [3.63, 3.8) is 0 Å². The maximum Gasteiger partial charge on any atom is 0.331 e. The van der Waals surface area contributed by atoms with E-state index in [-0.39, 0.29) is 24.2 Å². The highest BCUT2D eigenvalue weighted by Crippen LogP contribution is 2.26. The van der Waals surface area contributed by atoms with Crippen LogP contribution in [0.1, 0.15) is 47.2 Å². The molecule has 0 radical (unpaired) electrons. The van der Waals surface area contributed by atoms with E-state index in [1.54, 1.807) is 12.1 Å². The summed E-state index contributed by atoms with van der Waals surface area (Å²) >= 11 is 0. The van der Waals surface area contributed by atoms with Gasteiger partial charge in [-0.05, 0) is 57.5 Å². The molecule has 0 spiro atoms. The van der Waals surface area contributed by atoms with Gasteiger partial charge in [-0.3, -0.25) is 4.79 Å². The van der Waals surface area contributed by atoms with Gasteiger partial charge in [0, 0.05) is 29.1 Å². The molecule has 27 heavy (non-hydrogen) atoms. The minimum Gasteiger partial charge on any atom is -0.504 e. The predicted molar refractivity (Wildman–Crippen MR) is 103 cm³/mol. The summed E-state index contributed by atoms with van der Waals surface area (Å²) in [7, 11) is 1.44. The summed E-state index contributed by atoms with van der Waals surface area (Å²) < 4.78 is 12.1. The molecule has 1 heterocycles. The van der Waals surface area contributed by atoms with Crippen molar-refractivity contribution in [1.29, 1.82) is 0 Å². The molecule has 6 heteroatoms. The van der Waals surface area contributed by atoms with Crippen molar-refractivity contribution in [3.05, 3.63) is 52.9 Å². The number of carbonyl (C=O) groups excluding carboxylic acids is 2. The average Bonchev–Trinajstić information content (AvgIpc) is 2.93. The van der Waals surface area contributed by atoms with Gasteiger partial charge in [0.15, 0.2) is 18.1 Å². The fraction of sp³-hybridized carbons (Fsp3) is 0.333. The molecule has 0 saturated heterocycles. The summed E-state index contributed by atoms with van der Waals surface area (Å²) in [6, 6.07) is 6.76. The molecular formula is C21H25NO5. The van der Waals surface area contributed by atoms with E-state index >= 15 is 0 Å². The molecule has 0 bridgehead atoms. The molecule has 0 saturated carbocycles. The van der Waals surface area contributed by atoms with E-state index in [0.717, 1.165) is 11.4 Å². The van der Waals surface area contributed by atoms with E-state index < -0.39 is 5.97 Å². The Morgan fingerprint density at radius 3 is 2.52 bits per heavy atom. The summed E-state index contributed by atoms with van der Waals surface area (Å²) in [5, 5.41) is 9.56. The number of Topliss-reactive ketones (excluding diaryl/α,β-unsaturated/α-hetero) is 1.